The number of nitro groups is 1. The molecular weight excluding hydrogens is 452 g/mol. The molecule has 10 nitrogen and oxygen atoms in total. The van der Waals surface area contributed by atoms with Crippen LogP contribution >= 0.6 is 11.8 Å². The summed E-state index contributed by atoms with van der Waals surface area (Å²) < 4.78 is 15.3. The maximum absolute atomic E-state index is 13.0. The number of ether oxygens (including phenoxy) is 3. The first-order valence-corrected chi connectivity index (χ1v) is 11.5. The molecule has 1 aromatic rings. The highest BCUT2D eigenvalue weighted by Gasteiger charge is 2.37. The summed E-state index contributed by atoms with van der Waals surface area (Å²) in [4.78, 5) is 48.2. The number of hydrogen-bond donors (Lipinski definition) is 1. The van der Waals surface area contributed by atoms with Gasteiger partial charge in [0.05, 0.1) is 47.6 Å². The first-order chi connectivity index (χ1) is 15.8. The third kappa shape index (κ3) is 6.82. The van der Waals surface area contributed by atoms with Gasteiger partial charge in [0, 0.05) is 29.8 Å². The number of non-ortho nitro benzene ring substituents is 1. The first kappa shape index (κ1) is 25.9. The molecule has 178 valence electrons. The minimum atomic E-state index is -0.956. The van der Waals surface area contributed by atoms with Gasteiger partial charge in [0.1, 0.15) is 0 Å². The van der Waals surface area contributed by atoms with Crippen molar-refractivity contribution in [2.75, 3.05) is 31.3 Å². The molecule has 2 rings (SSSR count). The molecule has 1 heterocycles. The van der Waals surface area contributed by atoms with Crippen molar-refractivity contribution < 1.29 is 33.5 Å². The van der Waals surface area contributed by atoms with Crippen LogP contribution in [0.1, 0.15) is 32.3 Å². The molecule has 0 amide bonds. The predicted octanol–water partition coefficient (Wildman–Crippen LogP) is 2.84. The summed E-state index contributed by atoms with van der Waals surface area (Å²) in [5.74, 6) is -2.42. The van der Waals surface area contributed by atoms with Crippen molar-refractivity contribution >= 4 is 35.4 Å². The van der Waals surface area contributed by atoms with Gasteiger partial charge < -0.3 is 19.5 Å². The Labute approximate surface area is 195 Å². The third-order valence-corrected chi connectivity index (χ3v) is 5.45. The number of rotatable bonds is 11. The van der Waals surface area contributed by atoms with Crippen LogP contribution in [0.2, 0.25) is 0 Å². The van der Waals surface area contributed by atoms with Gasteiger partial charge in [-0.1, -0.05) is 12.1 Å². The number of nitro benzene ring substituents is 1. The Morgan fingerprint density at radius 2 is 1.73 bits per heavy atom. The maximum Gasteiger partial charge on any atom is 0.336 e. The number of carbonyl (C=O) groups is 3. The third-order valence-electron chi connectivity index (χ3n) is 4.52. The van der Waals surface area contributed by atoms with Crippen LogP contribution in [0, 0.1) is 10.1 Å². The monoisotopic (exact) mass is 478 g/mol. The van der Waals surface area contributed by atoms with E-state index in [9.17, 15) is 24.5 Å². The molecule has 1 aromatic carbocycles. The van der Waals surface area contributed by atoms with Crippen LogP contribution < -0.4 is 5.32 Å². The fourth-order valence-electron chi connectivity index (χ4n) is 3.22. The number of carbonyl (C=O) groups excluding carboxylic acids is 3. The number of nitrogens with zero attached hydrogens (tertiary/aromatic N) is 1. The highest BCUT2D eigenvalue weighted by Crippen LogP contribution is 2.39. The Morgan fingerprint density at radius 1 is 1.06 bits per heavy atom. The van der Waals surface area contributed by atoms with E-state index >= 15 is 0 Å². The van der Waals surface area contributed by atoms with Gasteiger partial charge in [0.25, 0.3) is 5.69 Å². The highest BCUT2D eigenvalue weighted by atomic mass is 32.2. The number of hydrogen-bond acceptors (Lipinski definition) is 10. The van der Waals surface area contributed by atoms with E-state index in [1.165, 1.54) is 36.2 Å². The van der Waals surface area contributed by atoms with E-state index in [0.717, 1.165) is 0 Å². The van der Waals surface area contributed by atoms with Gasteiger partial charge in [0.15, 0.2) is 0 Å². The van der Waals surface area contributed by atoms with E-state index in [4.69, 9.17) is 14.2 Å². The van der Waals surface area contributed by atoms with Gasteiger partial charge in [-0.2, -0.15) is 0 Å². The molecule has 0 saturated carbocycles. The summed E-state index contributed by atoms with van der Waals surface area (Å²) in [5, 5.41) is 14.3. The molecule has 0 radical (unpaired) electrons. The normalized spacial score (nSPS) is 15.2. The lowest BCUT2D eigenvalue weighted by atomic mass is 9.82. The lowest BCUT2D eigenvalue weighted by Crippen LogP contribution is -2.31. The second-order valence-electron chi connectivity index (χ2n) is 6.66. The summed E-state index contributed by atoms with van der Waals surface area (Å²) in [5.41, 5.74) is 0.836. The molecule has 33 heavy (non-hydrogen) atoms. The van der Waals surface area contributed by atoms with Crippen LogP contribution in [0.15, 0.2) is 47.3 Å². The van der Waals surface area contributed by atoms with Crippen molar-refractivity contribution in [2.45, 2.75) is 26.7 Å². The molecule has 0 aliphatic carbocycles. The van der Waals surface area contributed by atoms with E-state index in [2.05, 4.69) is 5.32 Å². The Balaban J connectivity index is 2.54. The topological polar surface area (TPSA) is 134 Å². The smallest absolute Gasteiger partial charge is 0.336 e. The van der Waals surface area contributed by atoms with Crippen molar-refractivity contribution in [3.05, 3.63) is 63.0 Å². The fourth-order valence-corrected chi connectivity index (χ4v) is 4.01. The molecule has 1 N–H and O–H groups in total. The lowest BCUT2D eigenvalue weighted by Gasteiger charge is -2.28. The molecule has 0 fully saturated rings. The van der Waals surface area contributed by atoms with E-state index in [0.29, 0.717) is 11.3 Å². The summed E-state index contributed by atoms with van der Waals surface area (Å²) in [7, 11) is 0. The minimum absolute atomic E-state index is 0.0606. The summed E-state index contributed by atoms with van der Waals surface area (Å²) in [6.07, 6.45) is 1.42. The highest BCUT2D eigenvalue weighted by molar-refractivity contribution is 8.00. The SMILES string of the molecule is CCOC(=O)CSCC1=C(C(=O)OCC)C(c2cccc([N+](=O)[O-])c2)C(C(=O)OCC)=CN1. The molecule has 0 bridgehead atoms. The van der Waals surface area contributed by atoms with Crippen LogP contribution in [0.5, 0.6) is 0 Å². The van der Waals surface area contributed by atoms with Crippen molar-refractivity contribution in [2.24, 2.45) is 0 Å². The summed E-state index contributed by atoms with van der Waals surface area (Å²) >= 11 is 1.22. The second-order valence-corrected chi connectivity index (χ2v) is 7.65. The largest absolute Gasteiger partial charge is 0.465 e. The van der Waals surface area contributed by atoms with Crippen molar-refractivity contribution in [3.63, 3.8) is 0 Å². The molecule has 0 spiro atoms. The molecule has 1 aliphatic heterocycles. The maximum atomic E-state index is 13.0. The van der Waals surface area contributed by atoms with E-state index in [1.54, 1.807) is 26.8 Å². The zero-order valence-electron chi connectivity index (χ0n) is 18.6. The zero-order chi connectivity index (χ0) is 24.4. The second kappa shape index (κ2) is 12.6. The quantitative estimate of drug-likeness (QED) is 0.219. The molecule has 1 aliphatic rings. The average molecular weight is 479 g/mol. The van der Waals surface area contributed by atoms with Crippen LogP contribution in [-0.4, -0.2) is 54.2 Å². The number of esters is 3. The number of nitrogens with one attached hydrogen (secondary N) is 1. The van der Waals surface area contributed by atoms with Gasteiger partial charge in [-0.15, -0.1) is 11.8 Å². The van der Waals surface area contributed by atoms with E-state index < -0.39 is 28.7 Å². The summed E-state index contributed by atoms with van der Waals surface area (Å²) in [6, 6.07) is 5.71. The van der Waals surface area contributed by atoms with Crippen LogP contribution in [0.4, 0.5) is 5.69 Å². The molecular formula is C22H26N2O8S. The van der Waals surface area contributed by atoms with Gasteiger partial charge in [-0.25, -0.2) is 9.59 Å². The van der Waals surface area contributed by atoms with Gasteiger partial charge in [-0.05, 0) is 26.3 Å². The molecule has 1 atom stereocenters. The average Bonchev–Trinajstić information content (AvgIpc) is 2.79. The lowest BCUT2D eigenvalue weighted by molar-refractivity contribution is -0.384. The van der Waals surface area contributed by atoms with Gasteiger partial charge in [0.2, 0.25) is 0 Å². The van der Waals surface area contributed by atoms with Crippen LogP contribution in [0.3, 0.4) is 0 Å². The molecule has 1 unspecified atom stereocenters. The standard InChI is InChI=1S/C22H26N2O8S/c1-4-30-18(25)13-33-12-17-20(22(27)32-6-3)19(16(11-23-17)21(26)31-5-2)14-8-7-9-15(10-14)24(28)29/h7-11,19,23H,4-6,12-13H2,1-3H3. The van der Waals surface area contributed by atoms with Gasteiger partial charge in [-0.3, -0.25) is 14.9 Å². The molecule has 0 saturated heterocycles. The number of dihydropyridines is 1. The van der Waals surface area contributed by atoms with Crippen molar-refractivity contribution in [1.82, 2.24) is 5.32 Å². The first-order valence-electron chi connectivity index (χ1n) is 10.4. The number of thioether (sulfide) groups is 1. The minimum Gasteiger partial charge on any atom is -0.465 e. The van der Waals surface area contributed by atoms with E-state index in [1.807, 2.05) is 0 Å². The van der Waals surface area contributed by atoms with E-state index in [-0.39, 0.29) is 48.2 Å². The predicted molar refractivity (Wildman–Crippen MR) is 121 cm³/mol. The Bertz CT molecular complexity index is 973. The Hall–Kier alpha value is -3.34. The zero-order valence-corrected chi connectivity index (χ0v) is 19.4. The van der Waals surface area contributed by atoms with Crippen LogP contribution in [-0.2, 0) is 28.6 Å². The Morgan fingerprint density at radius 3 is 2.36 bits per heavy atom. The fraction of sp³-hybridized carbons (Fsp3) is 0.409. The van der Waals surface area contributed by atoms with Crippen molar-refractivity contribution in [3.8, 4) is 0 Å². The molecule has 11 heteroatoms. The summed E-state index contributed by atoms with van der Waals surface area (Å²) in [6.45, 7) is 5.46. The van der Waals surface area contributed by atoms with Crippen LogP contribution in [0.25, 0.3) is 0 Å². The van der Waals surface area contributed by atoms with Gasteiger partial charge >= 0.3 is 17.9 Å². The molecule has 0 aromatic heterocycles. The Kier molecular flexibility index (Phi) is 9.92. The number of benzene rings is 1. The van der Waals surface area contributed by atoms with Crippen molar-refractivity contribution in [1.29, 1.82) is 0 Å².